The molecule has 3 N–H and O–H groups in total. The number of carbonyl (C=O) groups is 2. The van der Waals surface area contributed by atoms with E-state index in [0.29, 0.717) is 32.8 Å². The summed E-state index contributed by atoms with van der Waals surface area (Å²) in [5.74, 6) is 6.31. The Morgan fingerprint density at radius 3 is 2.45 bits per heavy atom. The van der Waals surface area contributed by atoms with Crippen molar-refractivity contribution in [1.29, 1.82) is 0 Å². The van der Waals surface area contributed by atoms with Crippen molar-refractivity contribution in [3.8, 4) is 11.4 Å². The van der Waals surface area contributed by atoms with Gasteiger partial charge in [-0.2, -0.15) is 0 Å². The van der Waals surface area contributed by atoms with Gasteiger partial charge in [0.25, 0.3) is 0 Å². The molecule has 0 bridgehead atoms. The average Bonchev–Trinajstić information content (AvgIpc) is 3.18. The molecule has 0 aliphatic rings. The van der Waals surface area contributed by atoms with Gasteiger partial charge in [0.15, 0.2) is 11.6 Å². The molecule has 0 saturated carbocycles. The van der Waals surface area contributed by atoms with Gasteiger partial charge in [-0.1, -0.05) is 78.0 Å². The van der Waals surface area contributed by atoms with Gasteiger partial charge in [-0.05, 0) is 36.8 Å². The summed E-state index contributed by atoms with van der Waals surface area (Å²) in [4.78, 5) is 25.0. The SMILES string of the molecule is CC(=O)c1cccc(NC(=O)C(Sc2nnc(-c3ccccc3Cl)n2N)c2ccccc2)c1. The van der Waals surface area contributed by atoms with Gasteiger partial charge >= 0.3 is 0 Å². The highest BCUT2D eigenvalue weighted by atomic mass is 35.5. The molecule has 33 heavy (non-hydrogen) atoms. The summed E-state index contributed by atoms with van der Waals surface area (Å²) >= 11 is 7.46. The lowest BCUT2D eigenvalue weighted by Gasteiger charge is -2.17. The van der Waals surface area contributed by atoms with Gasteiger partial charge in [0.05, 0.1) is 5.02 Å². The summed E-state index contributed by atoms with van der Waals surface area (Å²) in [7, 11) is 0. The van der Waals surface area contributed by atoms with Crippen molar-refractivity contribution in [2.75, 3.05) is 11.2 Å². The van der Waals surface area contributed by atoms with Crippen molar-refractivity contribution in [3.63, 3.8) is 0 Å². The van der Waals surface area contributed by atoms with Crippen LogP contribution < -0.4 is 11.2 Å². The highest BCUT2D eigenvalue weighted by Crippen LogP contribution is 2.36. The highest BCUT2D eigenvalue weighted by molar-refractivity contribution is 8.00. The molecule has 1 aromatic heterocycles. The van der Waals surface area contributed by atoms with Crippen LogP contribution in [-0.2, 0) is 4.79 Å². The molecular weight excluding hydrogens is 458 g/mol. The van der Waals surface area contributed by atoms with Gasteiger partial charge in [-0.25, -0.2) is 4.68 Å². The molecule has 1 heterocycles. The highest BCUT2D eigenvalue weighted by Gasteiger charge is 2.26. The molecule has 1 amide bonds. The van der Waals surface area contributed by atoms with E-state index < -0.39 is 5.25 Å². The Kier molecular flexibility index (Phi) is 6.76. The molecule has 0 aliphatic carbocycles. The van der Waals surface area contributed by atoms with E-state index in [9.17, 15) is 9.59 Å². The van der Waals surface area contributed by atoms with Crippen molar-refractivity contribution in [3.05, 3.63) is 95.0 Å². The van der Waals surface area contributed by atoms with Crippen LogP contribution in [0.15, 0.2) is 84.0 Å². The number of amides is 1. The molecule has 0 spiro atoms. The number of aromatic nitrogens is 3. The number of ketones is 1. The number of rotatable bonds is 7. The molecule has 3 aromatic carbocycles. The monoisotopic (exact) mass is 477 g/mol. The van der Waals surface area contributed by atoms with E-state index in [0.717, 1.165) is 5.56 Å². The summed E-state index contributed by atoms with van der Waals surface area (Å²) in [5.41, 5.74) is 2.45. The third-order valence-corrected chi connectivity index (χ3v) is 6.42. The second-order valence-electron chi connectivity index (χ2n) is 7.19. The zero-order chi connectivity index (χ0) is 23.4. The molecule has 4 aromatic rings. The van der Waals surface area contributed by atoms with Crippen molar-refractivity contribution >= 4 is 40.7 Å². The molecule has 9 heteroatoms. The fraction of sp³-hybridized carbons (Fsp3) is 0.0833. The topological polar surface area (TPSA) is 103 Å². The fourth-order valence-electron chi connectivity index (χ4n) is 3.21. The van der Waals surface area contributed by atoms with E-state index in [2.05, 4.69) is 15.5 Å². The first-order valence-electron chi connectivity index (χ1n) is 10.0. The van der Waals surface area contributed by atoms with E-state index in [1.54, 1.807) is 36.4 Å². The Labute approximate surface area is 199 Å². The second-order valence-corrected chi connectivity index (χ2v) is 8.67. The van der Waals surface area contributed by atoms with Gasteiger partial charge in [-0.3, -0.25) is 9.59 Å². The predicted molar refractivity (Wildman–Crippen MR) is 131 cm³/mol. The Morgan fingerprint density at radius 2 is 1.73 bits per heavy atom. The largest absolute Gasteiger partial charge is 0.335 e. The smallest absolute Gasteiger partial charge is 0.242 e. The maximum Gasteiger partial charge on any atom is 0.242 e. The summed E-state index contributed by atoms with van der Waals surface area (Å²) in [6.07, 6.45) is 0. The van der Waals surface area contributed by atoms with Crippen LogP contribution in [0.3, 0.4) is 0 Å². The number of nitrogens with zero attached hydrogens (tertiary/aromatic N) is 3. The van der Waals surface area contributed by atoms with Gasteiger partial charge in [0.1, 0.15) is 5.25 Å². The lowest BCUT2D eigenvalue weighted by Crippen LogP contribution is -2.20. The molecule has 0 saturated heterocycles. The number of hydrogen-bond donors (Lipinski definition) is 2. The second kappa shape index (κ2) is 9.89. The molecule has 0 fully saturated rings. The van der Waals surface area contributed by atoms with E-state index in [-0.39, 0.29) is 11.7 Å². The average molecular weight is 478 g/mol. The number of nitrogen functional groups attached to an aromatic ring is 1. The predicted octanol–water partition coefficient (Wildman–Crippen LogP) is 4.99. The minimum absolute atomic E-state index is 0.0802. The Bertz CT molecular complexity index is 1310. The van der Waals surface area contributed by atoms with Crippen LogP contribution >= 0.6 is 23.4 Å². The first kappa shape index (κ1) is 22.6. The number of nitrogens with two attached hydrogens (primary N) is 1. The quantitative estimate of drug-likeness (QED) is 0.221. The van der Waals surface area contributed by atoms with Crippen LogP contribution in [0.1, 0.15) is 28.1 Å². The maximum atomic E-state index is 13.3. The van der Waals surface area contributed by atoms with Crippen molar-refractivity contribution in [2.45, 2.75) is 17.3 Å². The number of carbonyl (C=O) groups excluding carboxylic acids is 2. The number of halogens is 1. The Morgan fingerprint density at radius 1 is 1.00 bits per heavy atom. The third-order valence-electron chi connectivity index (χ3n) is 4.88. The number of Topliss-reactive ketones (excluding diaryl/α,β-unsaturated/α-hetero) is 1. The Hall–Kier alpha value is -3.62. The first-order valence-corrected chi connectivity index (χ1v) is 11.3. The summed E-state index contributed by atoms with van der Waals surface area (Å²) < 4.78 is 1.32. The molecule has 1 atom stereocenters. The van der Waals surface area contributed by atoms with Crippen LogP contribution in [0.2, 0.25) is 5.02 Å². The van der Waals surface area contributed by atoms with Crippen molar-refractivity contribution in [2.24, 2.45) is 0 Å². The summed E-state index contributed by atoms with van der Waals surface area (Å²) in [6, 6.07) is 23.3. The van der Waals surface area contributed by atoms with Gasteiger partial charge in [0.2, 0.25) is 11.1 Å². The van der Waals surface area contributed by atoms with Crippen LogP contribution in [0.4, 0.5) is 5.69 Å². The van der Waals surface area contributed by atoms with Gasteiger partial charge in [0, 0.05) is 16.8 Å². The summed E-state index contributed by atoms with van der Waals surface area (Å²) in [6.45, 7) is 1.48. The minimum Gasteiger partial charge on any atom is -0.335 e. The third kappa shape index (κ3) is 5.08. The van der Waals surface area contributed by atoms with Crippen molar-refractivity contribution in [1.82, 2.24) is 14.9 Å². The number of benzene rings is 3. The lowest BCUT2D eigenvalue weighted by atomic mass is 10.1. The van der Waals surface area contributed by atoms with Crippen LogP contribution in [0, 0.1) is 0 Å². The number of anilines is 1. The summed E-state index contributed by atoms with van der Waals surface area (Å²) in [5, 5.41) is 11.4. The molecule has 7 nitrogen and oxygen atoms in total. The van der Waals surface area contributed by atoms with Gasteiger partial charge in [-0.15, -0.1) is 10.2 Å². The fourth-order valence-corrected chi connectivity index (χ4v) is 4.39. The molecule has 0 radical (unpaired) electrons. The standard InChI is InChI=1S/C24H20ClN5O2S/c1-15(31)17-10-7-11-18(14-17)27-23(32)21(16-8-3-2-4-9-16)33-24-29-28-22(30(24)26)19-12-5-6-13-20(19)25/h2-14,21H,26H2,1H3,(H,27,32). The maximum absolute atomic E-state index is 13.3. The van der Waals surface area contributed by atoms with E-state index >= 15 is 0 Å². The van der Waals surface area contributed by atoms with Crippen molar-refractivity contribution < 1.29 is 9.59 Å². The Balaban J connectivity index is 1.64. The van der Waals surface area contributed by atoms with Crippen LogP contribution in [0.5, 0.6) is 0 Å². The van der Waals surface area contributed by atoms with E-state index in [1.165, 1.54) is 23.4 Å². The normalized spacial score (nSPS) is 11.7. The lowest BCUT2D eigenvalue weighted by molar-refractivity contribution is -0.115. The van der Waals surface area contributed by atoms with Crippen LogP contribution in [0.25, 0.3) is 11.4 Å². The molecule has 0 aliphatic heterocycles. The molecule has 1 unspecified atom stereocenters. The van der Waals surface area contributed by atoms with E-state index in [1.807, 2.05) is 42.5 Å². The molecule has 4 rings (SSSR count). The number of thioether (sulfide) groups is 1. The number of nitrogens with one attached hydrogen (secondary N) is 1. The van der Waals surface area contributed by atoms with Crippen LogP contribution in [-0.4, -0.2) is 26.6 Å². The first-order chi connectivity index (χ1) is 15.9. The molecular formula is C24H20ClN5O2S. The van der Waals surface area contributed by atoms with Gasteiger partial charge < -0.3 is 11.2 Å². The minimum atomic E-state index is -0.669. The number of hydrogen-bond acceptors (Lipinski definition) is 6. The zero-order valence-corrected chi connectivity index (χ0v) is 19.2. The molecule has 166 valence electrons. The zero-order valence-electron chi connectivity index (χ0n) is 17.6. The van der Waals surface area contributed by atoms with E-state index in [4.69, 9.17) is 17.4 Å².